The van der Waals surface area contributed by atoms with Gasteiger partial charge < -0.3 is 11.1 Å². The molecule has 0 spiro atoms. The Labute approximate surface area is 117 Å². The molecule has 1 aromatic carbocycles. The molecule has 1 aliphatic heterocycles. The average molecular weight is 310 g/mol. The van der Waals surface area contributed by atoms with Crippen molar-refractivity contribution < 1.29 is 0 Å². The van der Waals surface area contributed by atoms with Crippen LogP contribution >= 0.6 is 15.9 Å². The maximum Gasteiger partial charge on any atom is 0.0491 e. The molecule has 3 rings (SSSR count). The van der Waals surface area contributed by atoms with Gasteiger partial charge in [-0.1, -0.05) is 0 Å². The van der Waals surface area contributed by atoms with Crippen LogP contribution in [0.3, 0.4) is 0 Å². The summed E-state index contributed by atoms with van der Waals surface area (Å²) in [6.07, 6.45) is 4.04. The number of hydrogen-bond donors (Lipinski definition) is 2. The number of hydrogen-bond acceptors (Lipinski definition) is 3. The standard InChI is InChI=1S/C14H20BrN3/c1-9-6-14(12(15)7-13(9)16)17-10-4-5-18(8-10)11-2-3-11/h6-7,10-11,17H,2-5,8,16H2,1H3. The van der Waals surface area contributed by atoms with Crippen LogP contribution in [0.25, 0.3) is 0 Å². The second kappa shape index (κ2) is 4.74. The van der Waals surface area contributed by atoms with Gasteiger partial charge in [-0.2, -0.15) is 0 Å². The number of nitrogen functional groups attached to an aromatic ring is 1. The first-order valence-electron chi connectivity index (χ1n) is 6.69. The number of benzene rings is 1. The van der Waals surface area contributed by atoms with Crippen LogP contribution in [0.5, 0.6) is 0 Å². The summed E-state index contributed by atoms with van der Waals surface area (Å²) < 4.78 is 1.07. The molecule has 1 aliphatic carbocycles. The molecule has 0 bridgehead atoms. The molecular weight excluding hydrogens is 290 g/mol. The molecule has 1 unspecified atom stereocenters. The van der Waals surface area contributed by atoms with Gasteiger partial charge in [0.15, 0.2) is 0 Å². The molecule has 18 heavy (non-hydrogen) atoms. The lowest BCUT2D eigenvalue weighted by atomic mass is 10.1. The van der Waals surface area contributed by atoms with Crippen molar-refractivity contribution in [2.45, 2.75) is 38.3 Å². The highest BCUT2D eigenvalue weighted by molar-refractivity contribution is 9.10. The first-order chi connectivity index (χ1) is 8.63. The Morgan fingerprint density at radius 3 is 2.83 bits per heavy atom. The van der Waals surface area contributed by atoms with Crippen molar-refractivity contribution in [3.05, 3.63) is 22.2 Å². The van der Waals surface area contributed by atoms with Crippen molar-refractivity contribution in [2.75, 3.05) is 24.1 Å². The summed E-state index contributed by atoms with van der Waals surface area (Å²) in [5, 5.41) is 3.65. The molecule has 2 aliphatic rings. The van der Waals surface area contributed by atoms with Gasteiger partial charge in [0, 0.05) is 41.0 Å². The fourth-order valence-corrected chi connectivity index (χ4v) is 3.18. The van der Waals surface area contributed by atoms with Crippen LogP contribution < -0.4 is 11.1 Å². The zero-order chi connectivity index (χ0) is 12.7. The van der Waals surface area contributed by atoms with E-state index in [1.165, 1.54) is 38.0 Å². The van der Waals surface area contributed by atoms with Crippen LogP contribution in [0, 0.1) is 6.92 Å². The largest absolute Gasteiger partial charge is 0.398 e. The molecule has 4 heteroatoms. The van der Waals surface area contributed by atoms with Gasteiger partial charge in [0.1, 0.15) is 0 Å². The minimum atomic E-state index is 0.574. The number of halogens is 1. The highest BCUT2D eigenvalue weighted by atomic mass is 79.9. The Kier molecular flexibility index (Phi) is 3.24. The molecule has 0 aromatic heterocycles. The van der Waals surface area contributed by atoms with E-state index < -0.39 is 0 Å². The van der Waals surface area contributed by atoms with Crippen molar-refractivity contribution in [2.24, 2.45) is 0 Å². The molecule has 1 saturated heterocycles. The SMILES string of the molecule is Cc1cc(NC2CCN(C3CC3)C2)c(Br)cc1N. The molecule has 98 valence electrons. The Morgan fingerprint density at radius 2 is 2.11 bits per heavy atom. The number of nitrogens with zero attached hydrogens (tertiary/aromatic N) is 1. The van der Waals surface area contributed by atoms with Gasteiger partial charge >= 0.3 is 0 Å². The topological polar surface area (TPSA) is 41.3 Å². The molecular formula is C14H20BrN3. The van der Waals surface area contributed by atoms with Crippen molar-refractivity contribution in [1.29, 1.82) is 0 Å². The van der Waals surface area contributed by atoms with Gasteiger partial charge in [0.05, 0.1) is 0 Å². The second-order valence-corrected chi connectivity index (χ2v) is 6.40. The van der Waals surface area contributed by atoms with E-state index in [-0.39, 0.29) is 0 Å². The Bertz CT molecular complexity index is 457. The first-order valence-corrected chi connectivity index (χ1v) is 7.49. The maximum absolute atomic E-state index is 5.90. The summed E-state index contributed by atoms with van der Waals surface area (Å²) in [6.45, 7) is 4.48. The molecule has 3 nitrogen and oxygen atoms in total. The fourth-order valence-electron chi connectivity index (χ4n) is 2.70. The minimum absolute atomic E-state index is 0.574. The van der Waals surface area contributed by atoms with Gasteiger partial charge in [-0.15, -0.1) is 0 Å². The summed E-state index contributed by atoms with van der Waals surface area (Å²) in [5.41, 5.74) is 9.06. The number of rotatable bonds is 3. The van der Waals surface area contributed by atoms with E-state index in [1.54, 1.807) is 0 Å². The van der Waals surface area contributed by atoms with Gasteiger partial charge in [-0.3, -0.25) is 4.90 Å². The predicted molar refractivity (Wildman–Crippen MR) is 79.9 cm³/mol. The smallest absolute Gasteiger partial charge is 0.0491 e. The van der Waals surface area contributed by atoms with E-state index in [9.17, 15) is 0 Å². The number of nitrogens with one attached hydrogen (secondary N) is 1. The molecule has 1 heterocycles. The molecule has 1 saturated carbocycles. The number of aryl methyl sites for hydroxylation is 1. The average Bonchev–Trinajstić information content (AvgIpc) is 3.07. The first kappa shape index (κ1) is 12.3. The van der Waals surface area contributed by atoms with Crippen LogP contribution in [0.15, 0.2) is 16.6 Å². The minimum Gasteiger partial charge on any atom is -0.398 e. The highest BCUT2D eigenvalue weighted by Crippen LogP contribution is 2.32. The zero-order valence-electron chi connectivity index (χ0n) is 10.7. The molecule has 0 radical (unpaired) electrons. The molecule has 3 N–H and O–H groups in total. The van der Waals surface area contributed by atoms with Crippen molar-refractivity contribution in [3.8, 4) is 0 Å². The maximum atomic E-state index is 5.90. The predicted octanol–water partition coefficient (Wildman–Crippen LogP) is 2.99. The fraction of sp³-hybridized carbons (Fsp3) is 0.571. The summed E-state index contributed by atoms with van der Waals surface area (Å²) >= 11 is 3.59. The summed E-state index contributed by atoms with van der Waals surface area (Å²) in [7, 11) is 0. The highest BCUT2D eigenvalue weighted by Gasteiger charge is 2.34. The van der Waals surface area contributed by atoms with Gasteiger partial charge in [0.2, 0.25) is 0 Å². The van der Waals surface area contributed by atoms with Crippen LogP contribution in [-0.4, -0.2) is 30.1 Å². The molecule has 2 fully saturated rings. The van der Waals surface area contributed by atoms with Gasteiger partial charge in [0.25, 0.3) is 0 Å². The van der Waals surface area contributed by atoms with E-state index in [0.717, 1.165) is 21.8 Å². The third kappa shape index (κ3) is 2.50. The lowest BCUT2D eigenvalue weighted by molar-refractivity contribution is 0.326. The Balaban J connectivity index is 1.67. The number of nitrogens with two attached hydrogens (primary N) is 1. The zero-order valence-corrected chi connectivity index (χ0v) is 12.3. The van der Waals surface area contributed by atoms with Gasteiger partial charge in [-0.05, 0) is 59.8 Å². The lowest BCUT2D eigenvalue weighted by Crippen LogP contribution is -2.27. The normalized spacial score (nSPS) is 24.4. The van der Waals surface area contributed by atoms with Crippen LogP contribution in [0.1, 0.15) is 24.8 Å². The van der Waals surface area contributed by atoms with Crippen LogP contribution in [0.2, 0.25) is 0 Å². The third-order valence-corrected chi connectivity index (χ3v) is 4.65. The molecule has 1 aromatic rings. The quantitative estimate of drug-likeness (QED) is 0.843. The van der Waals surface area contributed by atoms with Crippen molar-refractivity contribution in [3.63, 3.8) is 0 Å². The van der Waals surface area contributed by atoms with Gasteiger partial charge in [-0.25, -0.2) is 0 Å². The van der Waals surface area contributed by atoms with E-state index in [1.807, 2.05) is 6.07 Å². The monoisotopic (exact) mass is 309 g/mol. The summed E-state index contributed by atoms with van der Waals surface area (Å²) in [5.74, 6) is 0. The van der Waals surface area contributed by atoms with E-state index in [0.29, 0.717) is 6.04 Å². The van der Waals surface area contributed by atoms with E-state index in [2.05, 4.69) is 39.1 Å². The van der Waals surface area contributed by atoms with Crippen LogP contribution in [0.4, 0.5) is 11.4 Å². The van der Waals surface area contributed by atoms with Crippen LogP contribution in [-0.2, 0) is 0 Å². The van der Waals surface area contributed by atoms with Crippen molar-refractivity contribution >= 4 is 27.3 Å². The lowest BCUT2D eigenvalue weighted by Gasteiger charge is -2.18. The Hall–Kier alpha value is -0.740. The van der Waals surface area contributed by atoms with Crippen molar-refractivity contribution in [1.82, 2.24) is 4.90 Å². The summed E-state index contributed by atoms with van der Waals surface area (Å²) in [6, 6.07) is 5.59. The third-order valence-electron chi connectivity index (χ3n) is 4.00. The number of anilines is 2. The Morgan fingerprint density at radius 1 is 1.33 bits per heavy atom. The molecule has 1 atom stereocenters. The molecule has 0 amide bonds. The number of likely N-dealkylation sites (tertiary alicyclic amines) is 1. The summed E-state index contributed by atoms with van der Waals surface area (Å²) in [4.78, 5) is 2.62. The van der Waals surface area contributed by atoms with E-state index >= 15 is 0 Å². The second-order valence-electron chi connectivity index (χ2n) is 5.54. The van der Waals surface area contributed by atoms with E-state index in [4.69, 9.17) is 5.73 Å².